The molecule has 0 saturated heterocycles. The van der Waals surface area contributed by atoms with E-state index < -0.39 is 0 Å². The van der Waals surface area contributed by atoms with Gasteiger partial charge < -0.3 is 21.7 Å². The summed E-state index contributed by atoms with van der Waals surface area (Å²) in [5.74, 6) is 1.37. The Morgan fingerprint density at radius 1 is 1.15 bits per heavy atom. The fourth-order valence-corrected chi connectivity index (χ4v) is 2.83. The van der Waals surface area contributed by atoms with E-state index in [9.17, 15) is 0 Å². The summed E-state index contributed by atoms with van der Waals surface area (Å²) < 4.78 is 0. The van der Waals surface area contributed by atoms with Crippen molar-refractivity contribution >= 4 is 34.8 Å². The highest BCUT2D eigenvalue weighted by molar-refractivity contribution is 5.71. The lowest BCUT2D eigenvalue weighted by molar-refractivity contribution is 1.11. The van der Waals surface area contributed by atoms with Gasteiger partial charge in [-0.05, 0) is 47.5 Å². The quantitative estimate of drug-likeness (QED) is 0.562. The predicted octanol–water partition coefficient (Wildman–Crippen LogP) is 3.85. The lowest BCUT2D eigenvalue weighted by Gasteiger charge is -2.15. The highest BCUT2D eigenvalue weighted by Gasteiger charge is 2.07. The van der Waals surface area contributed by atoms with Gasteiger partial charge in [-0.3, -0.25) is 4.98 Å². The second-order valence-electron chi connectivity index (χ2n) is 6.06. The molecule has 6 nitrogen and oxygen atoms in total. The molecule has 5 N–H and O–H groups in total. The number of pyridine rings is 2. The Bertz CT molecular complexity index is 936. The van der Waals surface area contributed by atoms with Crippen molar-refractivity contribution in [3.05, 3.63) is 72.1 Å². The molecule has 6 heteroatoms. The summed E-state index contributed by atoms with van der Waals surface area (Å²) in [5, 5.41) is 9.90. The van der Waals surface area contributed by atoms with Gasteiger partial charge in [0.15, 0.2) is 5.82 Å². The third-order valence-corrected chi connectivity index (χ3v) is 4.14. The van der Waals surface area contributed by atoms with Gasteiger partial charge in [0.1, 0.15) is 5.82 Å². The number of rotatable bonds is 5. The number of nitrogens with zero attached hydrogens (tertiary/aromatic N) is 2. The molecule has 2 aromatic heterocycles. The first kappa shape index (κ1) is 16.0. The molecule has 0 fully saturated rings. The maximum atomic E-state index is 6.07. The molecule has 0 atom stereocenters. The topological polar surface area (TPSA) is 87.9 Å². The van der Waals surface area contributed by atoms with Gasteiger partial charge in [-0.1, -0.05) is 18.2 Å². The van der Waals surface area contributed by atoms with Crippen molar-refractivity contribution in [1.82, 2.24) is 9.97 Å². The number of hydrogen-bond donors (Lipinski definition) is 4. The van der Waals surface area contributed by atoms with Crippen LogP contribution in [0.25, 0.3) is 6.08 Å². The van der Waals surface area contributed by atoms with Gasteiger partial charge >= 0.3 is 0 Å². The smallest absolute Gasteiger partial charge is 0.151 e. The molecule has 0 aliphatic carbocycles. The van der Waals surface area contributed by atoms with Crippen molar-refractivity contribution in [3.8, 4) is 0 Å². The van der Waals surface area contributed by atoms with Crippen molar-refractivity contribution in [2.45, 2.75) is 6.54 Å². The number of anilines is 5. The Balaban J connectivity index is 1.48. The molecular weight excluding hydrogens is 324 g/mol. The maximum Gasteiger partial charge on any atom is 0.151 e. The maximum absolute atomic E-state index is 6.07. The van der Waals surface area contributed by atoms with Crippen molar-refractivity contribution in [2.75, 3.05) is 28.2 Å². The minimum Gasteiger partial charge on any atom is -0.396 e. The zero-order chi connectivity index (χ0) is 17.8. The number of fused-ring (bicyclic) bond motifs is 1. The molecule has 1 aliphatic rings. The van der Waals surface area contributed by atoms with E-state index >= 15 is 0 Å². The molecule has 0 bridgehead atoms. The van der Waals surface area contributed by atoms with Crippen LogP contribution in [0, 0.1) is 0 Å². The Labute approximate surface area is 152 Å². The van der Waals surface area contributed by atoms with E-state index in [0.29, 0.717) is 23.9 Å². The van der Waals surface area contributed by atoms with Crippen molar-refractivity contribution in [1.29, 1.82) is 0 Å². The molecular formula is C20H20N6. The third kappa shape index (κ3) is 3.59. The molecule has 4 rings (SSSR count). The monoisotopic (exact) mass is 344 g/mol. The fraction of sp³-hybridized carbons (Fsp3) is 0.100. The van der Waals surface area contributed by atoms with E-state index in [1.807, 2.05) is 24.3 Å². The van der Waals surface area contributed by atoms with Crippen LogP contribution in [0.15, 0.2) is 60.9 Å². The second-order valence-corrected chi connectivity index (χ2v) is 6.06. The molecule has 1 aromatic carbocycles. The Morgan fingerprint density at radius 2 is 2.12 bits per heavy atom. The van der Waals surface area contributed by atoms with E-state index in [2.05, 4.69) is 56.3 Å². The van der Waals surface area contributed by atoms with Crippen molar-refractivity contribution in [2.24, 2.45) is 0 Å². The van der Waals surface area contributed by atoms with Crippen LogP contribution < -0.4 is 21.7 Å². The second kappa shape index (κ2) is 7.14. The molecule has 130 valence electrons. The first-order valence-corrected chi connectivity index (χ1v) is 8.49. The lowest BCUT2D eigenvalue weighted by atomic mass is 10.1. The summed E-state index contributed by atoms with van der Waals surface area (Å²) in [5.41, 5.74) is 11.1. The number of nitrogens with two attached hydrogens (primary N) is 1. The first-order chi connectivity index (χ1) is 12.8. The van der Waals surface area contributed by atoms with E-state index in [1.54, 1.807) is 12.4 Å². The molecule has 0 amide bonds. The molecule has 0 unspecified atom stereocenters. The number of nitrogens with one attached hydrogen (secondary N) is 3. The highest BCUT2D eigenvalue weighted by atomic mass is 15.1. The van der Waals surface area contributed by atoms with Crippen molar-refractivity contribution < 1.29 is 0 Å². The molecule has 0 spiro atoms. The van der Waals surface area contributed by atoms with Crippen molar-refractivity contribution in [3.63, 3.8) is 0 Å². The normalized spacial score (nSPS) is 12.2. The van der Waals surface area contributed by atoms with Gasteiger partial charge in [0, 0.05) is 25.0 Å². The number of benzene rings is 1. The van der Waals surface area contributed by atoms with Crippen LogP contribution in [-0.4, -0.2) is 16.5 Å². The van der Waals surface area contributed by atoms with E-state index in [1.165, 1.54) is 11.1 Å². The summed E-state index contributed by atoms with van der Waals surface area (Å²) in [4.78, 5) is 8.66. The Kier molecular flexibility index (Phi) is 4.38. The van der Waals surface area contributed by atoms with Gasteiger partial charge in [-0.2, -0.15) is 0 Å². The lowest BCUT2D eigenvalue weighted by Crippen LogP contribution is -2.08. The summed E-state index contributed by atoms with van der Waals surface area (Å²) in [7, 11) is 0. The van der Waals surface area contributed by atoms with E-state index in [4.69, 9.17) is 5.73 Å². The first-order valence-electron chi connectivity index (χ1n) is 8.49. The molecule has 0 saturated carbocycles. The minimum absolute atomic E-state index is 0.612. The zero-order valence-electron chi connectivity index (χ0n) is 14.2. The Hall–Kier alpha value is -3.54. The van der Waals surface area contributed by atoms with E-state index in [-0.39, 0.29) is 0 Å². The van der Waals surface area contributed by atoms with Gasteiger partial charge in [-0.25, -0.2) is 4.98 Å². The molecule has 3 aromatic rings. The van der Waals surface area contributed by atoms with Crippen LogP contribution in [0.5, 0.6) is 0 Å². The zero-order valence-corrected chi connectivity index (χ0v) is 14.2. The van der Waals surface area contributed by atoms with Gasteiger partial charge in [0.25, 0.3) is 0 Å². The van der Waals surface area contributed by atoms with Gasteiger partial charge in [0.2, 0.25) is 0 Å². The fourth-order valence-electron chi connectivity index (χ4n) is 2.83. The summed E-state index contributed by atoms with van der Waals surface area (Å²) >= 11 is 0. The summed E-state index contributed by atoms with van der Waals surface area (Å²) in [6, 6.07) is 13.9. The van der Waals surface area contributed by atoms with Gasteiger partial charge in [0.05, 0.1) is 17.6 Å². The van der Waals surface area contributed by atoms with E-state index in [0.717, 1.165) is 17.9 Å². The number of hydrogen-bond acceptors (Lipinski definition) is 6. The molecule has 0 radical (unpaired) electrons. The number of nitrogen functional groups attached to an aromatic ring is 1. The summed E-state index contributed by atoms with van der Waals surface area (Å²) in [6.45, 7) is 1.52. The predicted molar refractivity (Wildman–Crippen MR) is 107 cm³/mol. The number of aromatic nitrogens is 2. The highest BCUT2D eigenvalue weighted by Crippen LogP contribution is 2.24. The average molecular weight is 344 g/mol. The van der Waals surface area contributed by atoms with Gasteiger partial charge in [-0.15, -0.1) is 0 Å². The van der Waals surface area contributed by atoms with Crippen LogP contribution in [-0.2, 0) is 6.54 Å². The van der Waals surface area contributed by atoms with Crippen LogP contribution in [0.1, 0.15) is 11.1 Å². The largest absolute Gasteiger partial charge is 0.396 e. The molecule has 1 aliphatic heterocycles. The Morgan fingerprint density at radius 3 is 3.00 bits per heavy atom. The standard InChI is InChI=1S/C20H20N6/c21-17-6-8-19(25-16-4-2-9-22-13-16)26-20(17)24-12-14-5-7-18-15(11-14)3-1-10-23-18/h1-9,11,13,23H,10,12,21H2,(H2,24,25,26). The third-order valence-electron chi connectivity index (χ3n) is 4.14. The van der Waals surface area contributed by atoms with Crippen LogP contribution in [0.2, 0.25) is 0 Å². The van der Waals surface area contributed by atoms with Crippen LogP contribution in [0.4, 0.5) is 28.7 Å². The van der Waals surface area contributed by atoms with Crippen LogP contribution >= 0.6 is 0 Å². The average Bonchev–Trinajstić information content (AvgIpc) is 2.69. The molecule has 3 heterocycles. The SMILES string of the molecule is Nc1ccc(Nc2cccnc2)nc1NCc1ccc2c(c1)C=CCN2. The summed E-state index contributed by atoms with van der Waals surface area (Å²) in [6.07, 6.45) is 7.74. The molecule has 26 heavy (non-hydrogen) atoms. The van der Waals surface area contributed by atoms with Crippen LogP contribution in [0.3, 0.4) is 0 Å². The minimum atomic E-state index is 0.612.